The summed E-state index contributed by atoms with van der Waals surface area (Å²) in [6, 6.07) is -1.85. The maximum absolute atomic E-state index is 12.5. The Labute approximate surface area is 334 Å². The second-order valence-electron chi connectivity index (χ2n) is 13.9. The van der Waals surface area contributed by atoms with E-state index < -0.39 is 53.8 Å². The summed E-state index contributed by atoms with van der Waals surface area (Å²) in [6.45, 7) is 10.4. The van der Waals surface area contributed by atoms with E-state index in [0.717, 1.165) is 23.5 Å². The highest BCUT2D eigenvalue weighted by atomic mass is 32.2. The zero-order valence-corrected chi connectivity index (χ0v) is 34.2. The number of rotatable bonds is 30. The number of amides is 8. The van der Waals surface area contributed by atoms with Gasteiger partial charge < -0.3 is 42.1 Å². The Morgan fingerprint density at radius 1 is 0.804 bits per heavy atom. The van der Waals surface area contributed by atoms with Crippen LogP contribution in [-0.4, -0.2) is 125 Å². The van der Waals surface area contributed by atoms with E-state index in [4.69, 9.17) is 5.11 Å². The molecule has 0 fully saturated rings. The van der Waals surface area contributed by atoms with E-state index in [2.05, 4.69) is 38.5 Å². The first-order valence-electron chi connectivity index (χ1n) is 19.4. The van der Waals surface area contributed by atoms with Crippen molar-refractivity contribution in [2.45, 2.75) is 117 Å². The standard InChI is InChI=1S/C38H63N7O10S/c1-6-29(47)38(7-2,24-41-35(53)26(3)23-46)18-19-39-30(48)14-11-9-13-21-56-25-42-32(50)22-40-36(54)27(4)44-37(55)28(5)43-31(49)15-10-8-12-20-45-33(51)16-17-34(45)52/h16-17,27-29,46-47H,3,6-15,18-25H2,1-2,4-5H3,(H,39,48)(H,40,54)(H,41,53)(H,42,50)(H,43,49)(H,44,55)/t27-,28+,29-,38?/m1/s1. The second kappa shape index (κ2) is 27.3. The van der Waals surface area contributed by atoms with E-state index in [1.54, 1.807) is 0 Å². The Hall–Kier alpha value is -4.29. The number of aliphatic hydroxyl groups is 2. The Morgan fingerprint density at radius 3 is 2.05 bits per heavy atom. The summed E-state index contributed by atoms with van der Waals surface area (Å²) >= 11 is 1.51. The number of hydrogen-bond acceptors (Lipinski definition) is 11. The van der Waals surface area contributed by atoms with Crippen molar-refractivity contribution in [3.8, 4) is 0 Å². The first kappa shape index (κ1) is 49.7. The quantitative estimate of drug-likeness (QED) is 0.0212. The summed E-state index contributed by atoms with van der Waals surface area (Å²) in [5.74, 6) is -2.02. The van der Waals surface area contributed by atoms with Crippen molar-refractivity contribution in [2.24, 2.45) is 5.41 Å². The molecule has 0 aromatic rings. The Morgan fingerprint density at radius 2 is 1.43 bits per heavy atom. The van der Waals surface area contributed by atoms with Crippen LogP contribution in [0.5, 0.6) is 0 Å². The van der Waals surface area contributed by atoms with Gasteiger partial charge in [-0.2, -0.15) is 0 Å². The number of hydrogen-bond donors (Lipinski definition) is 8. The number of carbonyl (C=O) groups excluding carboxylic acids is 8. The van der Waals surface area contributed by atoms with E-state index in [1.807, 2.05) is 13.8 Å². The molecule has 1 aliphatic heterocycles. The van der Waals surface area contributed by atoms with Crippen LogP contribution in [0.2, 0.25) is 0 Å². The average Bonchev–Trinajstić information content (AvgIpc) is 3.50. The summed E-state index contributed by atoms with van der Waals surface area (Å²) in [5, 5.41) is 35.8. The molecule has 316 valence electrons. The molecular formula is C38H63N7O10S. The van der Waals surface area contributed by atoms with Crippen LogP contribution in [0, 0.1) is 5.41 Å². The minimum atomic E-state index is -0.950. The molecule has 8 amide bonds. The molecule has 18 heteroatoms. The Bertz CT molecular complexity index is 1380. The summed E-state index contributed by atoms with van der Waals surface area (Å²) in [7, 11) is 0. The van der Waals surface area contributed by atoms with Crippen molar-refractivity contribution < 1.29 is 48.6 Å². The lowest BCUT2D eigenvalue weighted by molar-refractivity contribution is -0.137. The number of unbranched alkanes of at least 4 members (excludes halogenated alkanes) is 4. The zero-order valence-electron chi connectivity index (χ0n) is 33.3. The van der Waals surface area contributed by atoms with Crippen LogP contribution in [0.4, 0.5) is 0 Å². The van der Waals surface area contributed by atoms with Gasteiger partial charge in [-0.05, 0) is 64.5 Å². The number of nitrogens with one attached hydrogen (secondary N) is 6. The van der Waals surface area contributed by atoms with Gasteiger partial charge in [0.25, 0.3) is 11.8 Å². The summed E-state index contributed by atoms with van der Waals surface area (Å²) < 4.78 is 0. The third kappa shape index (κ3) is 19.0. The number of imide groups is 1. The molecule has 1 aliphatic rings. The second-order valence-corrected chi connectivity index (χ2v) is 15.0. The highest BCUT2D eigenvalue weighted by molar-refractivity contribution is 7.99. The molecule has 0 spiro atoms. The van der Waals surface area contributed by atoms with Gasteiger partial charge in [-0.25, -0.2) is 0 Å². The maximum Gasteiger partial charge on any atom is 0.253 e. The van der Waals surface area contributed by atoms with Crippen LogP contribution in [0.25, 0.3) is 0 Å². The van der Waals surface area contributed by atoms with E-state index in [1.165, 1.54) is 37.8 Å². The average molecular weight is 810 g/mol. The van der Waals surface area contributed by atoms with Gasteiger partial charge in [0.2, 0.25) is 35.4 Å². The summed E-state index contributed by atoms with van der Waals surface area (Å²) in [5.41, 5.74) is -0.588. The molecule has 0 aliphatic carbocycles. The van der Waals surface area contributed by atoms with Gasteiger partial charge in [0, 0.05) is 55.6 Å². The van der Waals surface area contributed by atoms with Gasteiger partial charge in [0.1, 0.15) is 12.1 Å². The number of thioether (sulfide) groups is 1. The van der Waals surface area contributed by atoms with Crippen LogP contribution in [0.1, 0.15) is 98.3 Å². The van der Waals surface area contributed by atoms with Gasteiger partial charge >= 0.3 is 0 Å². The Balaban J connectivity index is 2.16. The van der Waals surface area contributed by atoms with Crippen molar-refractivity contribution in [3.05, 3.63) is 24.3 Å². The van der Waals surface area contributed by atoms with Gasteiger partial charge in [-0.3, -0.25) is 43.3 Å². The molecule has 0 bridgehead atoms. The topological polar surface area (TPSA) is 252 Å². The molecule has 17 nitrogen and oxygen atoms in total. The monoisotopic (exact) mass is 809 g/mol. The fraction of sp³-hybridized carbons (Fsp3) is 0.684. The van der Waals surface area contributed by atoms with Crippen LogP contribution < -0.4 is 31.9 Å². The molecule has 8 N–H and O–H groups in total. The highest BCUT2D eigenvalue weighted by Crippen LogP contribution is 2.32. The molecule has 1 rings (SSSR count). The molecule has 1 unspecified atom stereocenters. The highest BCUT2D eigenvalue weighted by Gasteiger charge is 2.35. The molecule has 1 heterocycles. The van der Waals surface area contributed by atoms with Crippen molar-refractivity contribution in [2.75, 3.05) is 44.4 Å². The zero-order chi connectivity index (χ0) is 42.1. The first-order valence-corrected chi connectivity index (χ1v) is 20.5. The molecule has 0 aromatic heterocycles. The lowest BCUT2D eigenvalue weighted by Crippen LogP contribution is -2.52. The van der Waals surface area contributed by atoms with E-state index in [0.29, 0.717) is 63.8 Å². The largest absolute Gasteiger partial charge is 0.392 e. The molecule has 0 saturated carbocycles. The number of carbonyl (C=O) groups is 8. The summed E-state index contributed by atoms with van der Waals surface area (Å²) in [4.78, 5) is 98.1. The van der Waals surface area contributed by atoms with Crippen LogP contribution >= 0.6 is 11.8 Å². The van der Waals surface area contributed by atoms with E-state index in [9.17, 15) is 43.5 Å². The van der Waals surface area contributed by atoms with Gasteiger partial charge in [-0.1, -0.05) is 33.3 Å². The minimum absolute atomic E-state index is 0.0429. The van der Waals surface area contributed by atoms with Crippen molar-refractivity contribution in [1.29, 1.82) is 0 Å². The van der Waals surface area contributed by atoms with E-state index in [-0.39, 0.29) is 55.3 Å². The lowest BCUT2D eigenvalue weighted by atomic mass is 9.75. The maximum atomic E-state index is 12.5. The minimum Gasteiger partial charge on any atom is -0.392 e. The van der Waals surface area contributed by atoms with Gasteiger partial charge in [-0.15, -0.1) is 11.8 Å². The number of aliphatic hydroxyl groups excluding tert-OH is 2. The Kier molecular flexibility index (Phi) is 24.3. The van der Waals surface area contributed by atoms with Gasteiger partial charge in [0.15, 0.2) is 0 Å². The fourth-order valence-corrected chi connectivity index (χ4v) is 6.57. The first-order chi connectivity index (χ1) is 26.6. The number of nitrogens with zero attached hydrogens (tertiary/aromatic N) is 1. The lowest BCUT2D eigenvalue weighted by Gasteiger charge is -2.37. The predicted octanol–water partition coefficient (Wildman–Crippen LogP) is 0.303. The molecular weight excluding hydrogens is 747 g/mol. The predicted molar refractivity (Wildman–Crippen MR) is 212 cm³/mol. The van der Waals surface area contributed by atoms with Crippen LogP contribution in [-0.2, 0) is 38.4 Å². The van der Waals surface area contributed by atoms with Crippen molar-refractivity contribution in [1.82, 2.24) is 36.8 Å². The van der Waals surface area contributed by atoms with Crippen LogP contribution in [0.3, 0.4) is 0 Å². The molecule has 0 aromatic carbocycles. The summed E-state index contributed by atoms with van der Waals surface area (Å²) in [6.07, 6.45) is 7.84. The third-order valence-electron chi connectivity index (χ3n) is 9.55. The van der Waals surface area contributed by atoms with E-state index >= 15 is 0 Å². The molecule has 56 heavy (non-hydrogen) atoms. The normalized spacial score (nSPS) is 14.9. The van der Waals surface area contributed by atoms with Crippen molar-refractivity contribution >= 4 is 59.0 Å². The fourth-order valence-electron chi connectivity index (χ4n) is 5.76. The molecule has 0 radical (unpaired) electrons. The molecule has 0 saturated heterocycles. The van der Waals surface area contributed by atoms with Crippen LogP contribution in [0.15, 0.2) is 24.3 Å². The van der Waals surface area contributed by atoms with Crippen molar-refractivity contribution in [3.63, 3.8) is 0 Å². The SMILES string of the molecule is C=C(CO)C(=O)NCC(CC)(CCNC(=O)CCCCCSCNC(=O)CNC(=O)[C@@H](C)NC(=O)[C@H](C)NC(=O)CCCCCN1C(=O)C=CC1=O)[C@H](O)CC. The smallest absolute Gasteiger partial charge is 0.253 e. The third-order valence-corrected chi connectivity index (χ3v) is 10.5. The van der Waals surface area contributed by atoms with Gasteiger partial charge in [0.05, 0.1) is 25.1 Å². The molecule has 4 atom stereocenters.